The molecule has 6 atom stereocenters. The van der Waals surface area contributed by atoms with Crippen molar-refractivity contribution in [2.45, 2.75) is 47.8 Å². The lowest BCUT2D eigenvalue weighted by atomic mass is 9.99. The van der Waals surface area contributed by atoms with Crippen LogP contribution in [0.1, 0.15) is 12.8 Å². The number of rotatable bonds is 8. The van der Waals surface area contributed by atoms with Gasteiger partial charge >= 0.3 is 5.97 Å². The highest BCUT2D eigenvalue weighted by Gasteiger charge is 2.43. The summed E-state index contributed by atoms with van der Waals surface area (Å²) in [5.41, 5.74) is 11.4. The van der Waals surface area contributed by atoms with E-state index in [2.05, 4.69) is 0 Å². The lowest BCUT2D eigenvalue weighted by Gasteiger charge is -2.36. The Labute approximate surface area is 120 Å². The third kappa shape index (κ3) is 4.24. The number of ether oxygens (including phenoxy) is 1. The SMILES string of the molecule is NC(CSC1CCC1SCC(N)C1OC1O)C(=O)O. The Hall–Kier alpha value is 0.01000. The molecule has 19 heavy (non-hydrogen) atoms. The maximum Gasteiger partial charge on any atom is 0.321 e. The molecular formula is C11H20N2O4S2. The molecule has 0 spiro atoms. The number of aliphatic carboxylic acids is 1. The molecule has 0 radical (unpaired) electrons. The van der Waals surface area contributed by atoms with E-state index in [0.717, 1.165) is 18.6 Å². The van der Waals surface area contributed by atoms with Gasteiger partial charge in [0.1, 0.15) is 12.1 Å². The number of epoxide rings is 1. The van der Waals surface area contributed by atoms with Crippen LogP contribution in [0.15, 0.2) is 0 Å². The predicted octanol–water partition coefficient (Wildman–Crippen LogP) is -0.560. The van der Waals surface area contributed by atoms with E-state index in [-0.39, 0.29) is 12.1 Å². The number of hydrogen-bond acceptors (Lipinski definition) is 7. The summed E-state index contributed by atoms with van der Waals surface area (Å²) in [5.74, 6) is 0.264. The number of thioether (sulfide) groups is 2. The van der Waals surface area contributed by atoms with Crippen molar-refractivity contribution in [2.75, 3.05) is 11.5 Å². The van der Waals surface area contributed by atoms with Gasteiger partial charge in [0.2, 0.25) is 0 Å². The van der Waals surface area contributed by atoms with Crippen molar-refractivity contribution >= 4 is 29.5 Å². The molecule has 1 saturated carbocycles. The van der Waals surface area contributed by atoms with E-state index in [4.69, 9.17) is 26.4 Å². The van der Waals surface area contributed by atoms with Crippen LogP contribution in [0.3, 0.4) is 0 Å². The molecule has 1 heterocycles. The smallest absolute Gasteiger partial charge is 0.321 e. The van der Waals surface area contributed by atoms with Crippen molar-refractivity contribution in [3.05, 3.63) is 0 Å². The van der Waals surface area contributed by atoms with Crippen LogP contribution in [-0.4, -0.2) is 62.7 Å². The van der Waals surface area contributed by atoms with Crippen molar-refractivity contribution in [2.24, 2.45) is 11.5 Å². The molecule has 6 nitrogen and oxygen atoms in total. The third-order valence-electron chi connectivity index (χ3n) is 3.38. The highest BCUT2D eigenvalue weighted by molar-refractivity contribution is 8.04. The first-order valence-corrected chi connectivity index (χ1v) is 8.39. The van der Waals surface area contributed by atoms with E-state index in [1.165, 1.54) is 0 Å². The zero-order valence-electron chi connectivity index (χ0n) is 10.5. The second kappa shape index (κ2) is 6.64. The summed E-state index contributed by atoms with van der Waals surface area (Å²) in [7, 11) is 0. The van der Waals surface area contributed by atoms with Gasteiger partial charge in [-0.2, -0.15) is 23.5 Å². The third-order valence-corrected chi connectivity index (χ3v) is 6.67. The van der Waals surface area contributed by atoms with Gasteiger partial charge in [-0.25, -0.2) is 0 Å². The molecule has 0 aromatic rings. The Bertz CT molecular complexity index is 334. The molecule has 8 heteroatoms. The van der Waals surface area contributed by atoms with Gasteiger partial charge in [0.15, 0.2) is 6.29 Å². The minimum absolute atomic E-state index is 0.132. The lowest BCUT2D eigenvalue weighted by Crippen LogP contribution is -2.39. The van der Waals surface area contributed by atoms with E-state index < -0.39 is 18.3 Å². The van der Waals surface area contributed by atoms with Gasteiger partial charge in [-0.3, -0.25) is 4.79 Å². The van der Waals surface area contributed by atoms with Crippen molar-refractivity contribution in [3.8, 4) is 0 Å². The highest BCUT2D eigenvalue weighted by atomic mass is 32.2. The molecule has 2 fully saturated rings. The largest absolute Gasteiger partial charge is 0.480 e. The van der Waals surface area contributed by atoms with Crippen LogP contribution in [-0.2, 0) is 9.53 Å². The molecule has 1 aliphatic carbocycles. The Kier molecular flexibility index (Phi) is 5.38. The Morgan fingerprint density at radius 3 is 2.21 bits per heavy atom. The fourth-order valence-electron chi connectivity index (χ4n) is 1.88. The van der Waals surface area contributed by atoms with Crippen molar-refractivity contribution in [1.29, 1.82) is 0 Å². The van der Waals surface area contributed by atoms with Crippen molar-refractivity contribution in [1.82, 2.24) is 0 Å². The molecule has 1 aliphatic heterocycles. The molecule has 0 bridgehead atoms. The monoisotopic (exact) mass is 308 g/mol. The van der Waals surface area contributed by atoms with Crippen LogP contribution in [0.4, 0.5) is 0 Å². The summed E-state index contributed by atoms with van der Waals surface area (Å²) >= 11 is 3.42. The van der Waals surface area contributed by atoms with Gasteiger partial charge < -0.3 is 26.4 Å². The molecular weight excluding hydrogens is 288 g/mol. The van der Waals surface area contributed by atoms with Gasteiger partial charge in [0.05, 0.1) is 0 Å². The Balaban J connectivity index is 1.61. The fraction of sp³-hybridized carbons (Fsp3) is 0.909. The zero-order chi connectivity index (χ0) is 14.0. The van der Waals surface area contributed by atoms with Crippen LogP contribution < -0.4 is 11.5 Å². The van der Waals surface area contributed by atoms with Gasteiger partial charge in [-0.15, -0.1) is 0 Å². The second-order valence-corrected chi connectivity index (χ2v) is 7.47. The van der Waals surface area contributed by atoms with Crippen molar-refractivity contribution in [3.63, 3.8) is 0 Å². The van der Waals surface area contributed by atoms with Crippen LogP contribution in [0.25, 0.3) is 0 Å². The molecule has 2 aliphatic rings. The lowest BCUT2D eigenvalue weighted by molar-refractivity contribution is -0.137. The van der Waals surface area contributed by atoms with Gasteiger partial charge in [0.25, 0.3) is 0 Å². The van der Waals surface area contributed by atoms with Gasteiger partial charge in [0, 0.05) is 28.0 Å². The van der Waals surface area contributed by atoms with Crippen LogP contribution in [0, 0.1) is 0 Å². The molecule has 6 N–H and O–H groups in total. The summed E-state index contributed by atoms with van der Waals surface area (Å²) in [5, 5.41) is 18.8. The maximum atomic E-state index is 10.6. The number of aliphatic hydroxyl groups excluding tert-OH is 1. The topological polar surface area (TPSA) is 122 Å². The first kappa shape index (κ1) is 15.4. The van der Waals surface area contributed by atoms with Gasteiger partial charge in [-0.05, 0) is 12.8 Å². The minimum atomic E-state index is -0.946. The van der Waals surface area contributed by atoms with E-state index in [0.29, 0.717) is 16.3 Å². The van der Waals surface area contributed by atoms with Crippen LogP contribution in [0.2, 0.25) is 0 Å². The van der Waals surface area contributed by atoms with Crippen LogP contribution >= 0.6 is 23.5 Å². The van der Waals surface area contributed by atoms with Crippen molar-refractivity contribution < 1.29 is 19.7 Å². The van der Waals surface area contributed by atoms with Gasteiger partial charge in [-0.1, -0.05) is 0 Å². The summed E-state index contributed by atoms with van der Waals surface area (Å²) in [6.45, 7) is 0. The highest BCUT2D eigenvalue weighted by Crippen LogP contribution is 2.41. The molecule has 0 aromatic heterocycles. The summed E-state index contributed by atoms with van der Waals surface area (Å²) in [4.78, 5) is 10.6. The first-order valence-electron chi connectivity index (χ1n) is 6.29. The summed E-state index contributed by atoms with van der Waals surface area (Å²) < 4.78 is 4.92. The molecule has 1 saturated heterocycles. The fourth-order valence-corrected chi connectivity index (χ4v) is 4.91. The van der Waals surface area contributed by atoms with Crippen LogP contribution in [0.5, 0.6) is 0 Å². The Morgan fingerprint density at radius 1 is 1.26 bits per heavy atom. The summed E-state index contributed by atoms with van der Waals surface area (Å²) in [6, 6.07) is -0.916. The minimum Gasteiger partial charge on any atom is -0.480 e. The Morgan fingerprint density at radius 2 is 1.79 bits per heavy atom. The number of nitrogens with two attached hydrogens (primary N) is 2. The second-order valence-electron chi connectivity index (χ2n) is 4.92. The van der Waals surface area contributed by atoms with E-state index >= 15 is 0 Å². The molecule has 0 aromatic carbocycles. The quantitative estimate of drug-likeness (QED) is 0.440. The number of hydrogen-bond donors (Lipinski definition) is 4. The van der Waals surface area contributed by atoms with E-state index in [1.54, 1.807) is 23.5 Å². The average Bonchev–Trinajstić information content (AvgIpc) is 3.05. The normalized spacial score (nSPS) is 36.4. The number of carboxylic acids is 1. The number of carboxylic acid groups (broad SMARTS) is 1. The summed E-state index contributed by atoms with van der Waals surface area (Å²) in [6.07, 6.45) is 1.34. The average molecular weight is 308 g/mol. The van der Waals surface area contributed by atoms with E-state index in [9.17, 15) is 4.79 Å². The number of carbonyl (C=O) groups is 1. The predicted molar refractivity (Wildman–Crippen MR) is 76.2 cm³/mol. The standard InChI is InChI=1S/C11H20N2O4S2/c12-5(9-11(16)17-9)3-18-7-1-2-8(7)19-4-6(13)10(14)15/h5-9,11,16H,1-4,12-13H2,(H,14,15). The first-order chi connectivity index (χ1) is 8.99. The molecule has 0 amide bonds. The maximum absolute atomic E-state index is 10.6. The molecule has 6 unspecified atom stereocenters. The molecule has 2 rings (SSSR count). The van der Waals surface area contributed by atoms with E-state index in [1.807, 2.05) is 0 Å². The number of aliphatic hydroxyl groups is 1. The zero-order valence-corrected chi connectivity index (χ0v) is 12.1. The molecule has 110 valence electrons.